The van der Waals surface area contributed by atoms with Crippen LogP contribution in [0.3, 0.4) is 0 Å². The number of rotatable bonds is 6. The Labute approximate surface area is 699 Å². The Morgan fingerprint density at radius 2 is 0.850 bits per heavy atom. The highest BCUT2D eigenvalue weighted by atomic mass is 19.4. The minimum Gasteiger partial charge on any atom is -0.462 e. The summed E-state index contributed by atoms with van der Waals surface area (Å²) < 4.78 is 129. The fourth-order valence-corrected chi connectivity index (χ4v) is 27.8. The lowest BCUT2D eigenvalue weighted by Crippen LogP contribution is -2.64. The van der Waals surface area contributed by atoms with Crippen molar-refractivity contribution in [1.82, 2.24) is 19.9 Å². The van der Waals surface area contributed by atoms with Crippen LogP contribution in [0.15, 0.2) is 60.7 Å². The summed E-state index contributed by atoms with van der Waals surface area (Å²) in [5.41, 5.74) is 14.7. The van der Waals surface area contributed by atoms with Gasteiger partial charge in [0.1, 0.15) is 36.6 Å². The van der Waals surface area contributed by atoms with Crippen LogP contribution in [0.5, 0.6) is 0 Å². The number of ether oxygens (including phenoxy) is 6. The minimum absolute atomic E-state index is 0.0330. The van der Waals surface area contributed by atoms with Crippen LogP contribution >= 0.6 is 0 Å². The van der Waals surface area contributed by atoms with Crippen LogP contribution in [0.4, 0.5) is 26.3 Å². The van der Waals surface area contributed by atoms with E-state index < -0.39 is 142 Å². The minimum atomic E-state index is -5.32. The zero-order valence-corrected chi connectivity index (χ0v) is 71.8. The van der Waals surface area contributed by atoms with Crippen molar-refractivity contribution in [3.8, 4) is 22.3 Å². The number of esters is 6. The average Bonchev–Trinajstić information content (AvgIpc) is 1.15. The van der Waals surface area contributed by atoms with E-state index in [4.69, 9.17) is 38.4 Å². The van der Waals surface area contributed by atoms with Crippen LogP contribution < -0.4 is 0 Å². The fourth-order valence-electron chi connectivity index (χ4n) is 27.8. The summed E-state index contributed by atoms with van der Waals surface area (Å²) in [7, 11) is 0. The number of benzene rings is 2. The molecule has 32 bridgehead atoms. The van der Waals surface area contributed by atoms with Crippen molar-refractivity contribution in [2.45, 2.75) is 287 Å². The van der Waals surface area contributed by atoms with Gasteiger partial charge < -0.3 is 38.4 Å². The van der Waals surface area contributed by atoms with E-state index in [2.05, 4.69) is 91.3 Å². The van der Waals surface area contributed by atoms with Gasteiger partial charge in [0, 0.05) is 57.7 Å². The number of hydrogen-bond donors (Lipinski definition) is 2. The van der Waals surface area contributed by atoms with Crippen LogP contribution in [0, 0.1) is 107 Å². The van der Waals surface area contributed by atoms with E-state index in [1.54, 1.807) is 12.1 Å². The Bertz CT molecular complexity index is 4960. The number of carbonyl (C=O) groups is 6. The predicted molar refractivity (Wildman–Crippen MR) is 444 cm³/mol. The van der Waals surface area contributed by atoms with Crippen molar-refractivity contribution >= 4 is 80.2 Å². The third kappa shape index (κ3) is 13.6. The molecule has 5 aromatic rings. The molecular formula is C98H116F6N4O12. The van der Waals surface area contributed by atoms with Crippen LogP contribution in [0.1, 0.15) is 277 Å². The predicted octanol–water partition coefficient (Wildman–Crippen LogP) is 22.5. The zero-order chi connectivity index (χ0) is 85.3. The molecule has 25 rings (SSSR count). The zero-order valence-electron chi connectivity index (χ0n) is 71.8. The maximum atomic E-state index is 15.4. The summed E-state index contributed by atoms with van der Waals surface area (Å²) in [5.74, 6) is -11.3. The number of nitrogens with zero attached hydrogens (tertiary/aromatic N) is 2. The lowest BCUT2D eigenvalue weighted by atomic mass is 9.43. The maximum absolute atomic E-state index is 15.4. The van der Waals surface area contributed by atoms with Crippen LogP contribution in [0.25, 0.3) is 66.6 Å². The highest BCUT2D eigenvalue weighted by Crippen LogP contribution is 2.72. The molecule has 8 saturated carbocycles. The Hall–Kier alpha value is -8.56. The van der Waals surface area contributed by atoms with E-state index in [-0.39, 0.29) is 74.0 Å². The smallest absolute Gasteiger partial charge is 0.462 e. The average molecular weight is 1660 g/mol. The first-order valence-corrected chi connectivity index (χ1v) is 44.7. The molecule has 0 radical (unpaired) electrons. The van der Waals surface area contributed by atoms with Gasteiger partial charge in [0.2, 0.25) is 0 Å². The summed E-state index contributed by atoms with van der Waals surface area (Å²) >= 11 is 0. The molecule has 20 aliphatic rings. The molecule has 15 heterocycles. The number of allylic oxidation sites excluding steroid dienone is 4. The van der Waals surface area contributed by atoms with Gasteiger partial charge in [-0.3, -0.25) is 9.59 Å². The van der Waals surface area contributed by atoms with E-state index in [0.717, 1.165) is 112 Å². The molecule has 9 fully saturated rings. The number of alkyl halides is 6. The van der Waals surface area contributed by atoms with Crippen LogP contribution in [-0.2, 0) is 60.4 Å². The summed E-state index contributed by atoms with van der Waals surface area (Å²) in [6, 6.07) is 19.3. The highest BCUT2D eigenvalue weighted by Gasteiger charge is 2.71. The second-order valence-corrected chi connectivity index (χ2v) is 39.1. The monoisotopic (exact) mass is 1650 g/mol. The van der Waals surface area contributed by atoms with Crippen LogP contribution in [-0.4, -0.2) is 105 Å². The van der Waals surface area contributed by atoms with Gasteiger partial charge in [-0.25, -0.2) is 29.1 Å². The number of aromatic amines is 2. The normalized spacial score (nSPS) is 35.0. The molecular weight excluding hydrogens is 1540 g/mol. The number of carbonyl (C=O) groups excluding carboxylic acids is 6. The first kappa shape index (κ1) is 83.7. The lowest BCUT2D eigenvalue weighted by molar-refractivity contribution is -0.243. The molecule has 2 N–H and O–H groups in total. The first-order valence-electron chi connectivity index (χ1n) is 44.7. The lowest BCUT2D eigenvalue weighted by Gasteiger charge is -2.64. The molecule has 120 heavy (non-hydrogen) atoms. The van der Waals surface area contributed by atoms with Gasteiger partial charge in [0.25, 0.3) is 0 Å². The van der Waals surface area contributed by atoms with E-state index in [9.17, 15) is 35.9 Å². The van der Waals surface area contributed by atoms with Gasteiger partial charge >= 0.3 is 48.2 Å². The number of aryl methyl sites for hydroxylation is 4. The van der Waals surface area contributed by atoms with Gasteiger partial charge in [-0.2, -0.15) is 26.3 Å². The molecule has 22 unspecified atom stereocenters. The van der Waals surface area contributed by atoms with Crippen molar-refractivity contribution in [1.29, 1.82) is 0 Å². The van der Waals surface area contributed by atoms with Crippen molar-refractivity contribution < 1.29 is 83.5 Å². The highest BCUT2D eigenvalue weighted by molar-refractivity contribution is 6.05. The van der Waals surface area contributed by atoms with Crippen molar-refractivity contribution in [2.75, 3.05) is 0 Å². The largest absolute Gasteiger partial charge is 0.490 e. The number of hydrogen-bond acceptors (Lipinski definition) is 14. The Kier molecular flexibility index (Phi) is 21.4. The Balaban J connectivity index is 0.854. The van der Waals surface area contributed by atoms with Gasteiger partial charge in [0.15, 0.2) is 0 Å². The van der Waals surface area contributed by atoms with Crippen molar-refractivity contribution in [2.24, 2.45) is 92.7 Å². The van der Waals surface area contributed by atoms with E-state index >= 15 is 19.2 Å². The molecule has 642 valence electrons. The number of halogens is 6. The molecule has 22 atom stereocenters. The molecule has 2 aromatic carbocycles. The second kappa shape index (κ2) is 30.7. The molecule has 22 heteroatoms. The molecule has 8 aliphatic carbocycles. The summed E-state index contributed by atoms with van der Waals surface area (Å²) in [6.07, 6.45) is -7.74. The molecule has 1 saturated heterocycles. The van der Waals surface area contributed by atoms with Gasteiger partial charge in [-0.15, -0.1) is 0 Å². The topological polar surface area (TPSA) is 215 Å². The summed E-state index contributed by atoms with van der Waals surface area (Å²) in [5, 5.41) is 0. The van der Waals surface area contributed by atoms with Gasteiger partial charge in [-0.1, -0.05) is 93.5 Å². The summed E-state index contributed by atoms with van der Waals surface area (Å²) in [4.78, 5) is 108. The van der Waals surface area contributed by atoms with E-state index in [1.807, 2.05) is 64.1 Å². The van der Waals surface area contributed by atoms with E-state index in [0.29, 0.717) is 114 Å². The van der Waals surface area contributed by atoms with Crippen LogP contribution in [0.2, 0.25) is 0 Å². The Morgan fingerprint density at radius 3 is 1.22 bits per heavy atom. The quantitative estimate of drug-likeness (QED) is 0.0919. The van der Waals surface area contributed by atoms with Crippen molar-refractivity contribution in [3.05, 3.63) is 117 Å². The number of fused-ring (bicyclic) bond motifs is 1. The summed E-state index contributed by atoms with van der Waals surface area (Å²) in [6.45, 7) is 29.2. The molecule has 3 aromatic heterocycles. The van der Waals surface area contributed by atoms with Crippen molar-refractivity contribution in [3.63, 3.8) is 0 Å². The third-order valence-electron chi connectivity index (χ3n) is 33.8. The SMILES string of the molecule is CCC1=C(C)c2nc1cc1[nH]c(c(C)c1CC)c1c3nc(cc4[nH]c(c(C)c4CC)c2-c2cccc(c2)C(=O)OC2CCC4(C)C(C2)CC2OC(=O)CCC(C)C5CCC6C7C(CC8CC(CCC8(C)C7CC(OC(=O)C(F)(F)F)C56C)OC(=O)c5cccc-1c5)OC(=O)CCC(C)C1CCC5C2C4CC(OC(=O)C(F)(F)F)C15C)C(CC)=C3C. The molecule has 0 amide bonds. The van der Waals surface area contributed by atoms with E-state index in [1.165, 1.54) is 0 Å². The maximum Gasteiger partial charge on any atom is 0.490 e. The first-order chi connectivity index (χ1) is 56.9. The van der Waals surface area contributed by atoms with Gasteiger partial charge in [-0.05, 0) is 318 Å². The van der Waals surface area contributed by atoms with Gasteiger partial charge in [0.05, 0.1) is 44.9 Å². The number of H-pyrrole nitrogens is 2. The fraction of sp³-hybridized carbons (Fsp3) is 0.612. The molecule has 16 nitrogen and oxygen atoms in total. The third-order valence-corrected chi connectivity index (χ3v) is 33.8. The molecule has 12 aliphatic heterocycles. The second-order valence-electron chi connectivity index (χ2n) is 39.1. The molecule has 0 spiro atoms. The number of aromatic nitrogens is 4. The Morgan fingerprint density at radius 1 is 0.475 bits per heavy atom. The standard InChI is InChI=1S/C98H116F6N4O12/c1-15-61-49(7)85-81-53-21-19-23-55(37-53)89(111)115-59-33-35-93(11)57(39-59)41-75-83-67-29-27-65(95(67,13)77(43-69(83)93)119-91(113)97(99,100)101)48(6)26-32-80(110)118-76-42-58-40-60(34-36-94(58,12)70-44-78(120-92(114)98(102,103)104)96(14)66(28-30-68(96)84(70)76)47(5)25-31-79(109)117-75)116-90(112)56-24-20-22-54(38-56)82(87-50(8)62(16-2)72(106-87)45-71(61)105-85)88-52(10)64(18-4)74(108-88)46-73-63(17-3)51(9)86(81)107-73/h19-24,37-38,45-48,57-60,65-70,75-78,83-84,105,108H,15-18,25-36,39-44H2,1-14H3. The number of nitrogens with one attached hydrogen (secondary N) is 2.